The first-order chi connectivity index (χ1) is 10.8. The van der Waals surface area contributed by atoms with Crippen LogP contribution in [0.15, 0.2) is 48.8 Å². The largest absolute Gasteiger partial charge is 0.508 e. The topological polar surface area (TPSA) is 36.4 Å². The normalized spacial score (nSPS) is 19.2. The molecule has 22 heavy (non-hydrogen) atoms. The maximum atomic E-state index is 9.58. The summed E-state index contributed by atoms with van der Waals surface area (Å²) in [6, 6.07) is 12.5. The van der Waals surface area contributed by atoms with E-state index in [2.05, 4.69) is 22.0 Å². The number of phenols is 1. The highest BCUT2D eigenvalue weighted by molar-refractivity contribution is 5.27. The molecule has 3 rings (SSSR count). The molecule has 1 aromatic heterocycles. The average Bonchev–Trinajstić information content (AvgIpc) is 2.55. The van der Waals surface area contributed by atoms with Gasteiger partial charge in [-0.1, -0.05) is 24.6 Å². The highest BCUT2D eigenvalue weighted by Gasteiger charge is 2.22. The van der Waals surface area contributed by atoms with E-state index in [9.17, 15) is 5.11 Å². The van der Waals surface area contributed by atoms with Crippen molar-refractivity contribution in [2.45, 2.75) is 44.7 Å². The Kier molecular flexibility index (Phi) is 5.07. The minimum atomic E-state index is 0.369. The number of piperidine rings is 1. The highest BCUT2D eigenvalue weighted by atomic mass is 16.3. The van der Waals surface area contributed by atoms with Gasteiger partial charge in [-0.25, -0.2) is 0 Å². The van der Waals surface area contributed by atoms with E-state index < -0.39 is 0 Å². The lowest BCUT2D eigenvalue weighted by Crippen LogP contribution is -2.39. The Bertz CT molecular complexity index is 585. The van der Waals surface area contributed by atoms with Crippen molar-refractivity contribution in [3.8, 4) is 5.75 Å². The number of nitrogens with zero attached hydrogens (tertiary/aromatic N) is 2. The highest BCUT2D eigenvalue weighted by Crippen LogP contribution is 2.24. The van der Waals surface area contributed by atoms with Crippen LogP contribution in [0.2, 0.25) is 0 Å². The van der Waals surface area contributed by atoms with Crippen molar-refractivity contribution in [1.29, 1.82) is 0 Å². The molecule has 2 aromatic rings. The lowest BCUT2D eigenvalue weighted by molar-refractivity contribution is 0.132. The number of likely N-dealkylation sites (tertiary alicyclic amines) is 1. The second-order valence-corrected chi connectivity index (χ2v) is 6.19. The zero-order valence-electron chi connectivity index (χ0n) is 13.0. The average molecular weight is 296 g/mol. The Hall–Kier alpha value is -1.87. The fraction of sp³-hybridized carbons (Fsp3) is 0.421. The molecule has 0 aliphatic carbocycles. The standard InChI is InChI=1S/C19H24N2O/c22-19-8-3-5-16(13-19)9-10-18-7-1-2-12-21(18)15-17-6-4-11-20-14-17/h3-6,8,11,13-14,18,22H,1-2,7,9-10,12,15H2/t18-/m0/s1. The predicted molar refractivity (Wildman–Crippen MR) is 88.7 cm³/mol. The number of rotatable bonds is 5. The van der Waals surface area contributed by atoms with E-state index >= 15 is 0 Å². The van der Waals surface area contributed by atoms with Crippen LogP contribution < -0.4 is 0 Å². The number of hydrogen-bond donors (Lipinski definition) is 1. The molecule has 1 fully saturated rings. The zero-order chi connectivity index (χ0) is 15.2. The van der Waals surface area contributed by atoms with Gasteiger partial charge in [-0.2, -0.15) is 0 Å². The number of aromatic nitrogens is 1. The molecule has 1 aliphatic rings. The number of aryl methyl sites for hydroxylation is 1. The lowest BCUT2D eigenvalue weighted by atomic mass is 9.95. The van der Waals surface area contributed by atoms with Crippen LogP contribution in [0.25, 0.3) is 0 Å². The summed E-state index contributed by atoms with van der Waals surface area (Å²) in [4.78, 5) is 6.82. The fourth-order valence-electron chi connectivity index (χ4n) is 3.37. The minimum Gasteiger partial charge on any atom is -0.508 e. The molecule has 1 N–H and O–H groups in total. The Balaban J connectivity index is 1.60. The summed E-state index contributed by atoms with van der Waals surface area (Å²) < 4.78 is 0. The van der Waals surface area contributed by atoms with Gasteiger partial charge < -0.3 is 5.11 Å². The van der Waals surface area contributed by atoms with Crippen LogP contribution in [-0.2, 0) is 13.0 Å². The van der Waals surface area contributed by atoms with Gasteiger partial charge in [0.2, 0.25) is 0 Å². The molecule has 0 spiro atoms. The monoisotopic (exact) mass is 296 g/mol. The molecule has 1 saturated heterocycles. The summed E-state index contributed by atoms with van der Waals surface area (Å²) in [7, 11) is 0. The second-order valence-electron chi connectivity index (χ2n) is 6.19. The number of phenolic OH excluding ortho intramolecular Hbond substituents is 1. The Morgan fingerprint density at radius 3 is 2.86 bits per heavy atom. The first-order valence-electron chi connectivity index (χ1n) is 8.22. The number of pyridine rings is 1. The van der Waals surface area contributed by atoms with Crippen LogP contribution in [0.1, 0.15) is 36.8 Å². The molecule has 0 unspecified atom stereocenters. The molecule has 0 saturated carbocycles. The molecule has 3 nitrogen and oxygen atoms in total. The summed E-state index contributed by atoms with van der Waals surface area (Å²) in [5, 5.41) is 9.58. The van der Waals surface area contributed by atoms with Crippen molar-refractivity contribution in [3.05, 3.63) is 59.9 Å². The van der Waals surface area contributed by atoms with E-state index in [0.717, 1.165) is 19.4 Å². The van der Waals surface area contributed by atoms with Crippen LogP contribution >= 0.6 is 0 Å². The quantitative estimate of drug-likeness (QED) is 0.912. The van der Waals surface area contributed by atoms with E-state index in [4.69, 9.17) is 0 Å². The smallest absolute Gasteiger partial charge is 0.115 e. The molecule has 0 bridgehead atoms. The molecular weight excluding hydrogens is 272 g/mol. The first kappa shape index (κ1) is 15.0. The van der Waals surface area contributed by atoms with Crippen molar-refractivity contribution in [1.82, 2.24) is 9.88 Å². The van der Waals surface area contributed by atoms with Crippen LogP contribution in [-0.4, -0.2) is 27.6 Å². The van der Waals surface area contributed by atoms with Gasteiger partial charge in [0.15, 0.2) is 0 Å². The van der Waals surface area contributed by atoms with Crippen molar-refractivity contribution in [2.24, 2.45) is 0 Å². The van der Waals surface area contributed by atoms with Crippen molar-refractivity contribution < 1.29 is 5.11 Å². The van der Waals surface area contributed by atoms with Crippen molar-refractivity contribution in [3.63, 3.8) is 0 Å². The van der Waals surface area contributed by atoms with Crippen molar-refractivity contribution in [2.75, 3.05) is 6.54 Å². The molecule has 2 heterocycles. The van der Waals surface area contributed by atoms with Gasteiger partial charge in [-0.3, -0.25) is 9.88 Å². The second kappa shape index (κ2) is 7.41. The molecule has 0 amide bonds. The van der Waals surface area contributed by atoms with Crippen molar-refractivity contribution >= 4 is 0 Å². The van der Waals surface area contributed by atoms with Crippen LogP contribution in [0.3, 0.4) is 0 Å². The van der Waals surface area contributed by atoms with Gasteiger partial charge in [-0.15, -0.1) is 0 Å². The lowest BCUT2D eigenvalue weighted by Gasteiger charge is -2.36. The Labute approximate surface area is 132 Å². The van der Waals surface area contributed by atoms with Gasteiger partial charge in [0.25, 0.3) is 0 Å². The van der Waals surface area contributed by atoms with Gasteiger partial charge in [0.05, 0.1) is 0 Å². The van der Waals surface area contributed by atoms with E-state index in [1.54, 1.807) is 6.07 Å². The van der Waals surface area contributed by atoms with Crippen LogP contribution in [0.4, 0.5) is 0 Å². The minimum absolute atomic E-state index is 0.369. The van der Waals surface area contributed by atoms with E-state index in [0.29, 0.717) is 11.8 Å². The molecule has 116 valence electrons. The van der Waals surface area contributed by atoms with Crippen LogP contribution in [0.5, 0.6) is 5.75 Å². The summed E-state index contributed by atoms with van der Waals surface area (Å²) in [5.74, 6) is 0.369. The van der Waals surface area contributed by atoms with Gasteiger partial charge in [-0.05, 0) is 61.6 Å². The predicted octanol–water partition coefficient (Wildman–Crippen LogP) is 3.77. The molecule has 1 atom stereocenters. The molecule has 0 radical (unpaired) electrons. The van der Waals surface area contributed by atoms with Gasteiger partial charge in [0, 0.05) is 25.0 Å². The van der Waals surface area contributed by atoms with Gasteiger partial charge in [0.1, 0.15) is 5.75 Å². The third-order valence-electron chi connectivity index (χ3n) is 4.53. The summed E-state index contributed by atoms with van der Waals surface area (Å²) >= 11 is 0. The molecule has 1 aliphatic heterocycles. The third kappa shape index (κ3) is 4.08. The molecule has 1 aromatic carbocycles. The van der Waals surface area contributed by atoms with E-state index in [1.165, 1.54) is 36.9 Å². The maximum absolute atomic E-state index is 9.58. The van der Waals surface area contributed by atoms with E-state index in [-0.39, 0.29) is 0 Å². The summed E-state index contributed by atoms with van der Waals surface area (Å²) in [6.07, 6.45) is 9.89. The summed E-state index contributed by atoms with van der Waals surface area (Å²) in [6.45, 7) is 2.18. The number of benzene rings is 1. The maximum Gasteiger partial charge on any atom is 0.115 e. The van der Waals surface area contributed by atoms with E-state index in [1.807, 2.05) is 30.6 Å². The first-order valence-corrected chi connectivity index (χ1v) is 8.22. The Morgan fingerprint density at radius 1 is 1.14 bits per heavy atom. The Morgan fingerprint density at radius 2 is 2.05 bits per heavy atom. The zero-order valence-corrected chi connectivity index (χ0v) is 13.0. The third-order valence-corrected chi connectivity index (χ3v) is 4.53. The fourth-order valence-corrected chi connectivity index (χ4v) is 3.37. The molecular formula is C19H24N2O. The number of hydrogen-bond acceptors (Lipinski definition) is 3. The van der Waals surface area contributed by atoms with Gasteiger partial charge >= 0.3 is 0 Å². The SMILES string of the molecule is Oc1cccc(CC[C@@H]2CCCCN2Cc2cccnc2)c1. The number of aromatic hydroxyl groups is 1. The van der Waals surface area contributed by atoms with Crippen LogP contribution in [0, 0.1) is 0 Å². The summed E-state index contributed by atoms with van der Waals surface area (Å²) in [5.41, 5.74) is 2.53. The molecule has 3 heteroatoms.